The number of hydrogen-bond donors (Lipinski definition) is 2. The van der Waals surface area contributed by atoms with Gasteiger partial charge in [-0.25, -0.2) is 9.59 Å². The third-order valence-corrected chi connectivity index (χ3v) is 2.81. The van der Waals surface area contributed by atoms with Gasteiger partial charge in [0.15, 0.2) is 0 Å². The number of carbonyl (C=O) groups is 3. The topological polar surface area (TPSA) is 95.9 Å². The molecule has 0 bridgehead atoms. The van der Waals surface area contributed by atoms with Crippen molar-refractivity contribution in [2.75, 3.05) is 6.54 Å². The van der Waals surface area contributed by atoms with Gasteiger partial charge in [-0.15, -0.1) is 0 Å². The molecule has 2 atom stereocenters. The van der Waals surface area contributed by atoms with Crippen molar-refractivity contribution in [3.63, 3.8) is 0 Å². The van der Waals surface area contributed by atoms with Crippen LogP contribution in [-0.4, -0.2) is 58.4 Å². The molecule has 0 spiro atoms. The highest BCUT2D eigenvalue weighted by molar-refractivity contribution is 5.84. The Labute approximate surface area is 124 Å². The van der Waals surface area contributed by atoms with Crippen LogP contribution in [0.4, 0.5) is 18.0 Å². The van der Waals surface area contributed by atoms with Crippen LogP contribution < -0.4 is 5.32 Å². The minimum Gasteiger partial charge on any atom is -0.480 e. The predicted molar refractivity (Wildman–Crippen MR) is 67.0 cm³/mol. The monoisotopic (exact) mass is 326 g/mol. The number of amides is 2. The highest BCUT2D eigenvalue weighted by Crippen LogP contribution is 2.23. The smallest absolute Gasteiger partial charge is 0.471 e. The highest BCUT2D eigenvalue weighted by Gasteiger charge is 2.45. The van der Waals surface area contributed by atoms with E-state index in [0.717, 1.165) is 4.90 Å². The van der Waals surface area contributed by atoms with Crippen LogP contribution in [0.5, 0.6) is 0 Å². The first-order chi connectivity index (χ1) is 9.81. The summed E-state index contributed by atoms with van der Waals surface area (Å²) in [5, 5.41) is 10.7. The fourth-order valence-electron chi connectivity index (χ4n) is 1.96. The van der Waals surface area contributed by atoms with E-state index >= 15 is 0 Å². The average Bonchev–Trinajstić information content (AvgIpc) is 2.69. The molecule has 1 rings (SSSR count). The molecule has 1 saturated heterocycles. The van der Waals surface area contributed by atoms with Crippen molar-refractivity contribution in [3.8, 4) is 0 Å². The Morgan fingerprint density at radius 1 is 1.23 bits per heavy atom. The zero-order valence-corrected chi connectivity index (χ0v) is 12.2. The van der Waals surface area contributed by atoms with E-state index in [2.05, 4.69) is 0 Å². The number of hydrogen-bond acceptors (Lipinski definition) is 4. The molecule has 0 saturated carbocycles. The lowest BCUT2D eigenvalue weighted by molar-refractivity contribution is -0.174. The summed E-state index contributed by atoms with van der Waals surface area (Å²) in [5.41, 5.74) is -0.882. The molecule has 1 fully saturated rings. The number of halogens is 3. The van der Waals surface area contributed by atoms with E-state index in [1.165, 1.54) is 0 Å². The molecule has 0 unspecified atom stereocenters. The number of likely N-dealkylation sites (tertiary alicyclic amines) is 1. The van der Waals surface area contributed by atoms with Crippen molar-refractivity contribution in [3.05, 3.63) is 0 Å². The van der Waals surface area contributed by atoms with Crippen LogP contribution >= 0.6 is 0 Å². The van der Waals surface area contributed by atoms with E-state index < -0.39 is 41.8 Å². The Balaban J connectivity index is 2.80. The Kier molecular flexibility index (Phi) is 4.93. The maximum atomic E-state index is 12.2. The van der Waals surface area contributed by atoms with Crippen LogP contribution in [0.2, 0.25) is 0 Å². The molecule has 1 heterocycles. The van der Waals surface area contributed by atoms with Crippen molar-refractivity contribution < 1.29 is 37.4 Å². The fourth-order valence-corrected chi connectivity index (χ4v) is 1.96. The first-order valence-electron chi connectivity index (χ1n) is 6.41. The van der Waals surface area contributed by atoms with Gasteiger partial charge in [-0.2, -0.15) is 13.2 Å². The van der Waals surface area contributed by atoms with Crippen molar-refractivity contribution in [2.24, 2.45) is 0 Å². The third kappa shape index (κ3) is 4.78. The van der Waals surface area contributed by atoms with Gasteiger partial charge in [0.2, 0.25) is 0 Å². The molecule has 1 aliphatic rings. The standard InChI is InChI=1S/C12H17F3N2O5/c1-11(2,3)22-10(21)17-5-6(4-7(17)8(18)19)16-9(20)12(13,14)15/h6-7H,4-5H2,1-3H3,(H,16,20)(H,18,19)/t6-,7-/m0/s1. The second kappa shape index (κ2) is 6.01. The predicted octanol–water partition coefficient (Wildman–Crippen LogP) is 1.13. The van der Waals surface area contributed by atoms with Crippen LogP contribution in [0.15, 0.2) is 0 Å². The lowest BCUT2D eigenvalue weighted by Crippen LogP contribution is -2.45. The van der Waals surface area contributed by atoms with Crippen LogP contribution in [0.1, 0.15) is 27.2 Å². The molecule has 2 amide bonds. The first-order valence-corrected chi connectivity index (χ1v) is 6.41. The molecule has 22 heavy (non-hydrogen) atoms. The maximum Gasteiger partial charge on any atom is 0.471 e. The molecule has 7 nitrogen and oxygen atoms in total. The molecule has 0 radical (unpaired) electrons. The summed E-state index contributed by atoms with van der Waals surface area (Å²) >= 11 is 0. The van der Waals surface area contributed by atoms with E-state index in [9.17, 15) is 27.6 Å². The summed E-state index contributed by atoms with van der Waals surface area (Å²) in [6.45, 7) is 4.34. The number of aliphatic carboxylic acids is 1. The van der Waals surface area contributed by atoms with E-state index in [4.69, 9.17) is 9.84 Å². The number of carbonyl (C=O) groups excluding carboxylic acids is 2. The zero-order chi connectivity index (χ0) is 17.3. The quantitative estimate of drug-likeness (QED) is 0.793. The number of alkyl halides is 3. The molecule has 0 aliphatic carbocycles. The summed E-state index contributed by atoms with van der Waals surface area (Å²) < 4.78 is 41.6. The summed E-state index contributed by atoms with van der Waals surface area (Å²) in [6.07, 6.45) is -6.35. The van der Waals surface area contributed by atoms with Crippen molar-refractivity contribution >= 4 is 18.0 Å². The number of carboxylic acids is 1. The molecule has 126 valence electrons. The molecule has 0 aromatic heterocycles. The van der Waals surface area contributed by atoms with Gasteiger partial charge < -0.3 is 15.2 Å². The molecule has 10 heteroatoms. The van der Waals surface area contributed by atoms with E-state index in [-0.39, 0.29) is 13.0 Å². The van der Waals surface area contributed by atoms with Gasteiger partial charge in [0, 0.05) is 19.0 Å². The second-order valence-electron chi connectivity index (χ2n) is 5.89. The van der Waals surface area contributed by atoms with Crippen molar-refractivity contribution in [1.29, 1.82) is 0 Å². The maximum absolute atomic E-state index is 12.2. The average molecular weight is 326 g/mol. The largest absolute Gasteiger partial charge is 0.480 e. The molecule has 2 N–H and O–H groups in total. The molecular formula is C12H17F3N2O5. The molecule has 0 aromatic carbocycles. The SMILES string of the molecule is CC(C)(C)OC(=O)N1C[C@@H](NC(=O)C(F)(F)F)C[C@H]1C(=O)O. The normalized spacial score (nSPS) is 22.4. The minimum atomic E-state index is -5.07. The summed E-state index contributed by atoms with van der Waals surface area (Å²) in [5.74, 6) is -3.55. The van der Waals surface area contributed by atoms with Gasteiger partial charge in [0.1, 0.15) is 11.6 Å². The van der Waals surface area contributed by atoms with Gasteiger partial charge in [-0.3, -0.25) is 9.69 Å². The van der Waals surface area contributed by atoms with Crippen LogP contribution in [0, 0.1) is 0 Å². The number of ether oxygens (including phenoxy) is 1. The van der Waals surface area contributed by atoms with Crippen molar-refractivity contribution in [2.45, 2.75) is 51.1 Å². The zero-order valence-electron chi connectivity index (χ0n) is 12.2. The molecule has 1 aliphatic heterocycles. The third-order valence-electron chi connectivity index (χ3n) is 2.81. The fraction of sp³-hybridized carbons (Fsp3) is 0.750. The van der Waals surface area contributed by atoms with Gasteiger partial charge >= 0.3 is 24.1 Å². The number of nitrogens with one attached hydrogen (secondary N) is 1. The second-order valence-corrected chi connectivity index (χ2v) is 5.89. The number of nitrogens with zero attached hydrogens (tertiary/aromatic N) is 1. The van der Waals surface area contributed by atoms with Gasteiger partial charge in [0.05, 0.1) is 0 Å². The number of rotatable bonds is 2. The summed E-state index contributed by atoms with van der Waals surface area (Å²) in [4.78, 5) is 34.7. The van der Waals surface area contributed by atoms with Gasteiger partial charge in [0.25, 0.3) is 0 Å². The lowest BCUT2D eigenvalue weighted by atomic mass is 10.1. The first kappa shape index (κ1) is 18.1. The Morgan fingerprint density at radius 2 is 1.77 bits per heavy atom. The van der Waals surface area contributed by atoms with E-state index in [1.807, 2.05) is 0 Å². The Hall–Kier alpha value is -2.00. The van der Waals surface area contributed by atoms with Crippen molar-refractivity contribution in [1.82, 2.24) is 10.2 Å². The Morgan fingerprint density at radius 3 is 2.18 bits per heavy atom. The van der Waals surface area contributed by atoms with Gasteiger partial charge in [-0.05, 0) is 20.8 Å². The van der Waals surface area contributed by atoms with Crippen LogP contribution in [-0.2, 0) is 14.3 Å². The van der Waals surface area contributed by atoms with E-state index in [0.29, 0.717) is 0 Å². The molecule has 0 aromatic rings. The van der Waals surface area contributed by atoms with Crippen LogP contribution in [0.25, 0.3) is 0 Å². The molecular weight excluding hydrogens is 309 g/mol. The Bertz CT molecular complexity index is 472. The number of carboxylic acid groups (broad SMARTS) is 1. The summed E-state index contributed by atoms with van der Waals surface area (Å²) in [6, 6.07) is -2.46. The minimum absolute atomic E-state index is 0.323. The lowest BCUT2D eigenvalue weighted by Gasteiger charge is -2.26. The summed E-state index contributed by atoms with van der Waals surface area (Å²) in [7, 11) is 0. The van der Waals surface area contributed by atoms with E-state index in [1.54, 1.807) is 26.1 Å². The van der Waals surface area contributed by atoms with Crippen LogP contribution in [0.3, 0.4) is 0 Å². The van der Waals surface area contributed by atoms with Gasteiger partial charge in [-0.1, -0.05) is 0 Å². The highest BCUT2D eigenvalue weighted by atomic mass is 19.4.